The van der Waals surface area contributed by atoms with Crippen LogP contribution in [0.25, 0.3) is 0 Å². The lowest BCUT2D eigenvalue weighted by molar-refractivity contribution is -0.115. The summed E-state index contributed by atoms with van der Waals surface area (Å²) in [6.45, 7) is 2.56. The van der Waals surface area contributed by atoms with E-state index in [2.05, 4.69) is 15.7 Å². The summed E-state index contributed by atoms with van der Waals surface area (Å²) < 4.78 is 5.05. The average Bonchev–Trinajstić information content (AvgIpc) is 2.44. The number of nitrogens with one attached hydrogen (secondary N) is 2. The van der Waals surface area contributed by atoms with Crippen molar-refractivity contribution in [3.05, 3.63) is 24.3 Å². The van der Waals surface area contributed by atoms with Crippen LogP contribution in [-0.4, -0.2) is 38.2 Å². The van der Waals surface area contributed by atoms with Crippen LogP contribution in [0.1, 0.15) is 6.92 Å². The molecule has 1 amide bonds. The molecule has 0 spiro atoms. The van der Waals surface area contributed by atoms with Crippen LogP contribution in [-0.2, 0) is 9.53 Å². The van der Waals surface area contributed by atoms with E-state index in [-0.39, 0.29) is 18.5 Å². The molecule has 4 N–H and O–H groups in total. The highest BCUT2D eigenvalue weighted by molar-refractivity contribution is 6.10. The number of guanidine groups is 1. The summed E-state index contributed by atoms with van der Waals surface area (Å²) in [6, 6.07) is 7.44. The largest absolute Gasteiger partial charge is 0.382 e. The summed E-state index contributed by atoms with van der Waals surface area (Å²) in [7, 11) is 1.62. The average molecular weight is 277 g/mol. The third-order valence-electron chi connectivity index (χ3n) is 2.91. The zero-order valence-corrected chi connectivity index (χ0v) is 11.6. The molecule has 1 aromatic carbocycles. The molecule has 0 saturated heterocycles. The zero-order chi connectivity index (χ0) is 14.5. The summed E-state index contributed by atoms with van der Waals surface area (Å²) >= 11 is 0. The maximum absolute atomic E-state index is 11.8. The lowest BCUT2D eigenvalue weighted by atomic mass is 10.2. The van der Waals surface area contributed by atoms with Crippen molar-refractivity contribution >= 4 is 23.2 Å². The predicted octanol–water partition coefficient (Wildman–Crippen LogP) is 0.299. The van der Waals surface area contributed by atoms with Crippen LogP contribution in [0.5, 0.6) is 0 Å². The molecule has 7 nitrogen and oxygen atoms in total. The fourth-order valence-corrected chi connectivity index (χ4v) is 2.09. The van der Waals surface area contributed by atoms with E-state index in [0.29, 0.717) is 12.6 Å². The first kappa shape index (κ1) is 14.3. The topological polar surface area (TPSA) is 92.0 Å². The number of benzene rings is 1. The predicted molar refractivity (Wildman–Crippen MR) is 78.5 cm³/mol. The zero-order valence-electron chi connectivity index (χ0n) is 11.6. The van der Waals surface area contributed by atoms with Crippen LogP contribution in [0.4, 0.5) is 11.4 Å². The van der Waals surface area contributed by atoms with Gasteiger partial charge in [0.05, 0.1) is 24.0 Å². The van der Waals surface area contributed by atoms with Crippen molar-refractivity contribution in [2.75, 3.05) is 30.5 Å². The number of para-hydroxylation sites is 2. The van der Waals surface area contributed by atoms with Gasteiger partial charge in [-0.1, -0.05) is 12.1 Å². The third kappa shape index (κ3) is 3.06. The number of fused-ring (bicyclic) bond motifs is 1. The molecule has 20 heavy (non-hydrogen) atoms. The van der Waals surface area contributed by atoms with Gasteiger partial charge in [0, 0.05) is 7.11 Å². The summed E-state index contributed by atoms with van der Waals surface area (Å²) in [6.07, 6.45) is 0. The van der Waals surface area contributed by atoms with Crippen LogP contribution in [0.2, 0.25) is 0 Å². The van der Waals surface area contributed by atoms with Crippen molar-refractivity contribution in [3.63, 3.8) is 0 Å². The molecular weight excluding hydrogens is 258 g/mol. The fraction of sp³-hybridized carbons (Fsp3) is 0.385. The molecule has 0 aliphatic carbocycles. The quantitative estimate of drug-likeness (QED) is 0.320. The number of methoxy groups -OCH3 is 1. The number of nitrogens with zero attached hydrogens (tertiary/aromatic N) is 2. The van der Waals surface area contributed by atoms with Crippen molar-refractivity contribution in [3.8, 4) is 0 Å². The maximum atomic E-state index is 11.8. The van der Waals surface area contributed by atoms with Crippen LogP contribution >= 0.6 is 0 Å². The van der Waals surface area contributed by atoms with Crippen molar-refractivity contribution in [1.29, 1.82) is 0 Å². The Morgan fingerprint density at radius 3 is 3.05 bits per heavy atom. The van der Waals surface area contributed by atoms with Gasteiger partial charge in [-0.3, -0.25) is 10.2 Å². The molecule has 1 aliphatic heterocycles. The van der Waals surface area contributed by atoms with Crippen LogP contribution in [0.3, 0.4) is 0 Å². The van der Waals surface area contributed by atoms with E-state index in [1.807, 2.05) is 31.2 Å². The minimum atomic E-state index is -0.106. The molecule has 1 unspecified atom stereocenters. The number of amides is 1. The van der Waals surface area contributed by atoms with Crippen LogP contribution in [0, 0.1) is 0 Å². The van der Waals surface area contributed by atoms with Gasteiger partial charge in [-0.05, 0) is 19.1 Å². The molecule has 7 heteroatoms. The molecule has 0 bridgehead atoms. The Morgan fingerprint density at radius 2 is 2.35 bits per heavy atom. The first-order chi connectivity index (χ1) is 9.65. The van der Waals surface area contributed by atoms with E-state index in [1.165, 1.54) is 0 Å². The number of ether oxygens (including phenoxy) is 1. The van der Waals surface area contributed by atoms with Gasteiger partial charge in [-0.2, -0.15) is 0 Å². The number of aliphatic imine (C=N–C) groups is 1. The molecule has 1 atom stereocenters. The first-order valence-corrected chi connectivity index (χ1v) is 6.35. The van der Waals surface area contributed by atoms with Gasteiger partial charge >= 0.3 is 0 Å². The summed E-state index contributed by atoms with van der Waals surface area (Å²) in [5, 5.41) is 2.82. The second kappa shape index (κ2) is 6.36. The molecule has 0 radical (unpaired) electrons. The number of rotatable bonds is 3. The fourth-order valence-electron chi connectivity index (χ4n) is 2.09. The van der Waals surface area contributed by atoms with Crippen LogP contribution < -0.4 is 21.5 Å². The minimum absolute atomic E-state index is 0.0665. The van der Waals surface area contributed by atoms with Gasteiger partial charge in [0.25, 0.3) is 0 Å². The number of anilines is 2. The second-order valence-electron chi connectivity index (χ2n) is 4.55. The second-order valence-corrected chi connectivity index (χ2v) is 4.55. The van der Waals surface area contributed by atoms with Gasteiger partial charge < -0.3 is 15.0 Å². The Labute approximate surface area is 117 Å². The standard InChI is InChI=1S/C13H19N5O2/c1-9(8-20-2)15-13(17-14)18-7-12(19)16-10-5-3-4-6-11(10)18/h3-6,9H,7-8,14H2,1-2H3,(H,15,17)(H,16,19). The molecule has 0 saturated carbocycles. The summed E-state index contributed by atoms with van der Waals surface area (Å²) in [5.74, 6) is 5.89. The number of hydrazine groups is 1. The lowest BCUT2D eigenvalue weighted by Crippen LogP contribution is -2.50. The van der Waals surface area contributed by atoms with Crippen molar-refractivity contribution in [2.45, 2.75) is 13.0 Å². The summed E-state index contributed by atoms with van der Waals surface area (Å²) in [4.78, 5) is 18.0. The number of nitrogens with two attached hydrogens (primary N) is 1. The molecule has 1 heterocycles. The molecule has 1 aromatic rings. The van der Waals surface area contributed by atoms with Crippen molar-refractivity contribution < 1.29 is 9.53 Å². The highest BCUT2D eigenvalue weighted by Crippen LogP contribution is 2.28. The van der Waals surface area contributed by atoms with Gasteiger partial charge in [0.15, 0.2) is 0 Å². The van der Waals surface area contributed by atoms with E-state index in [0.717, 1.165) is 11.4 Å². The Balaban J connectivity index is 2.32. The Morgan fingerprint density at radius 1 is 1.60 bits per heavy atom. The normalized spacial score (nSPS) is 16.4. The third-order valence-corrected chi connectivity index (χ3v) is 2.91. The maximum Gasteiger partial charge on any atom is 0.244 e. The van der Waals surface area contributed by atoms with Gasteiger partial charge in [0.2, 0.25) is 11.9 Å². The Hall–Kier alpha value is -2.12. The molecule has 1 aliphatic rings. The smallest absolute Gasteiger partial charge is 0.244 e. The Bertz CT molecular complexity index is 517. The summed E-state index contributed by atoms with van der Waals surface area (Å²) in [5.41, 5.74) is 4.16. The van der Waals surface area contributed by atoms with E-state index in [4.69, 9.17) is 10.6 Å². The number of hydrogen-bond donors (Lipinski definition) is 3. The van der Waals surface area contributed by atoms with Crippen LogP contribution in [0.15, 0.2) is 29.3 Å². The minimum Gasteiger partial charge on any atom is -0.382 e. The van der Waals surface area contributed by atoms with Gasteiger partial charge in [0.1, 0.15) is 6.54 Å². The number of carbonyl (C=O) groups is 1. The number of carbonyl (C=O) groups excluding carboxylic acids is 1. The van der Waals surface area contributed by atoms with E-state index in [1.54, 1.807) is 12.0 Å². The van der Waals surface area contributed by atoms with E-state index in [9.17, 15) is 4.79 Å². The molecule has 0 aromatic heterocycles. The first-order valence-electron chi connectivity index (χ1n) is 6.35. The number of hydrogen-bond acceptors (Lipinski definition) is 4. The molecular formula is C13H19N5O2. The highest BCUT2D eigenvalue weighted by Gasteiger charge is 2.25. The highest BCUT2D eigenvalue weighted by atomic mass is 16.5. The molecule has 2 rings (SSSR count). The van der Waals surface area contributed by atoms with E-state index >= 15 is 0 Å². The van der Waals surface area contributed by atoms with Crippen molar-refractivity contribution in [1.82, 2.24) is 5.43 Å². The lowest BCUT2D eigenvalue weighted by Gasteiger charge is -2.31. The van der Waals surface area contributed by atoms with Gasteiger partial charge in [-0.25, -0.2) is 10.8 Å². The molecule has 0 fully saturated rings. The van der Waals surface area contributed by atoms with Crippen molar-refractivity contribution in [2.24, 2.45) is 10.8 Å². The Kier molecular flexibility index (Phi) is 4.54. The SMILES string of the molecule is COCC(C)N=C(NN)N1CC(=O)Nc2ccccc21. The molecule has 108 valence electrons. The van der Waals surface area contributed by atoms with Gasteiger partial charge in [-0.15, -0.1) is 0 Å². The van der Waals surface area contributed by atoms with E-state index < -0.39 is 0 Å². The monoisotopic (exact) mass is 277 g/mol.